The number of benzene rings is 2. The van der Waals surface area contributed by atoms with Crippen molar-refractivity contribution in [2.24, 2.45) is 0 Å². The average Bonchev–Trinajstić information content (AvgIpc) is 2.52. The van der Waals surface area contributed by atoms with Crippen molar-refractivity contribution in [1.82, 2.24) is 0 Å². The minimum absolute atomic E-state index is 0.316. The van der Waals surface area contributed by atoms with Crippen molar-refractivity contribution in [3.05, 3.63) is 53.6 Å². The van der Waals surface area contributed by atoms with Gasteiger partial charge in [-0.1, -0.05) is 23.7 Å². The molecule has 0 radical (unpaired) electrons. The molecule has 0 aliphatic rings. The van der Waals surface area contributed by atoms with Crippen molar-refractivity contribution in [3.63, 3.8) is 0 Å². The van der Waals surface area contributed by atoms with Gasteiger partial charge in [0.25, 0.3) is 0 Å². The molecule has 4 nitrogen and oxygen atoms in total. The summed E-state index contributed by atoms with van der Waals surface area (Å²) in [6.07, 6.45) is 0. The monoisotopic (exact) mass is 317 g/mol. The van der Waals surface area contributed by atoms with Gasteiger partial charge in [0.05, 0.1) is 10.7 Å². The molecule has 0 heterocycles. The number of carbonyl (C=O) groups excluding carboxylic acids is 1. The van der Waals surface area contributed by atoms with E-state index in [4.69, 9.17) is 11.6 Å². The molecule has 0 saturated carbocycles. The van der Waals surface area contributed by atoms with E-state index in [0.717, 1.165) is 24.5 Å². The average molecular weight is 318 g/mol. The van der Waals surface area contributed by atoms with Crippen LogP contribution in [0.4, 0.5) is 21.9 Å². The molecule has 2 aromatic carbocycles. The third-order valence-corrected chi connectivity index (χ3v) is 3.71. The third kappa shape index (κ3) is 4.15. The molecular formula is C17H20ClN3O. The van der Waals surface area contributed by atoms with E-state index in [9.17, 15) is 4.79 Å². The number of rotatable bonds is 5. The Morgan fingerprint density at radius 2 is 1.64 bits per heavy atom. The lowest BCUT2D eigenvalue weighted by atomic mass is 10.2. The maximum absolute atomic E-state index is 12.0. The van der Waals surface area contributed by atoms with Crippen LogP contribution in [-0.4, -0.2) is 19.1 Å². The first-order chi connectivity index (χ1) is 10.6. The van der Waals surface area contributed by atoms with Gasteiger partial charge in [-0.25, -0.2) is 4.79 Å². The van der Waals surface area contributed by atoms with E-state index in [-0.39, 0.29) is 6.03 Å². The predicted octanol–water partition coefficient (Wildman–Crippen LogP) is 4.83. The fraction of sp³-hybridized carbons (Fsp3) is 0.235. The summed E-state index contributed by atoms with van der Waals surface area (Å²) in [5.74, 6) is 0. The van der Waals surface area contributed by atoms with Crippen LogP contribution in [0.5, 0.6) is 0 Å². The first-order valence-electron chi connectivity index (χ1n) is 7.31. The quantitative estimate of drug-likeness (QED) is 0.829. The van der Waals surface area contributed by atoms with Crippen LogP contribution in [0, 0.1) is 0 Å². The predicted molar refractivity (Wildman–Crippen MR) is 94.1 cm³/mol. The second kappa shape index (κ2) is 7.71. The number of amides is 2. The first-order valence-corrected chi connectivity index (χ1v) is 7.69. The number of carbonyl (C=O) groups is 1. The topological polar surface area (TPSA) is 44.4 Å². The molecule has 0 bridgehead atoms. The maximum atomic E-state index is 12.0. The molecule has 0 aliphatic heterocycles. The van der Waals surface area contributed by atoms with Gasteiger partial charge in [0.15, 0.2) is 0 Å². The van der Waals surface area contributed by atoms with Gasteiger partial charge in [-0.15, -0.1) is 0 Å². The molecule has 116 valence electrons. The van der Waals surface area contributed by atoms with Crippen molar-refractivity contribution >= 4 is 34.7 Å². The lowest BCUT2D eigenvalue weighted by molar-refractivity contribution is 0.262. The minimum Gasteiger partial charge on any atom is -0.372 e. The van der Waals surface area contributed by atoms with Crippen molar-refractivity contribution < 1.29 is 4.79 Å². The Morgan fingerprint density at radius 1 is 1.00 bits per heavy atom. The van der Waals surface area contributed by atoms with E-state index in [1.54, 1.807) is 12.1 Å². The summed E-state index contributed by atoms with van der Waals surface area (Å²) in [5.41, 5.74) is 2.46. The van der Waals surface area contributed by atoms with Crippen molar-refractivity contribution in [2.75, 3.05) is 28.6 Å². The maximum Gasteiger partial charge on any atom is 0.323 e. The number of halogens is 1. The van der Waals surface area contributed by atoms with Gasteiger partial charge in [-0.3, -0.25) is 0 Å². The molecule has 0 atom stereocenters. The zero-order chi connectivity index (χ0) is 15.9. The van der Waals surface area contributed by atoms with Crippen molar-refractivity contribution in [3.8, 4) is 0 Å². The van der Waals surface area contributed by atoms with Gasteiger partial charge in [-0.05, 0) is 50.2 Å². The highest BCUT2D eigenvalue weighted by atomic mass is 35.5. The molecule has 5 heteroatoms. The van der Waals surface area contributed by atoms with Crippen LogP contribution in [0.25, 0.3) is 0 Å². The van der Waals surface area contributed by atoms with Crippen LogP contribution in [0.3, 0.4) is 0 Å². The number of hydrogen-bond donors (Lipinski definition) is 2. The lowest BCUT2D eigenvalue weighted by Gasteiger charge is -2.21. The molecule has 0 saturated heterocycles. The SMILES string of the molecule is CCN(CC)c1ccc(NC(=O)Nc2ccccc2Cl)cc1. The Labute approximate surface area is 136 Å². The molecule has 22 heavy (non-hydrogen) atoms. The second-order valence-electron chi connectivity index (χ2n) is 4.78. The van der Waals surface area contributed by atoms with Gasteiger partial charge in [0.2, 0.25) is 0 Å². The Balaban J connectivity index is 1.99. The van der Waals surface area contributed by atoms with Crippen molar-refractivity contribution in [1.29, 1.82) is 0 Å². The van der Waals surface area contributed by atoms with E-state index in [1.165, 1.54) is 0 Å². The summed E-state index contributed by atoms with van der Waals surface area (Å²) in [5, 5.41) is 6.03. The molecule has 0 aliphatic carbocycles. The first kappa shape index (κ1) is 16.2. The van der Waals surface area contributed by atoms with E-state index in [1.807, 2.05) is 36.4 Å². The number of urea groups is 1. The molecule has 2 rings (SSSR count). The molecule has 2 N–H and O–H groups in total. The van der Waals surface area contributed by atoms with Crippen molar-refractivity contribution in [2.45, 2.75) is 13.8 Å². The van der Waals surface area contributed by atoms with Gasteiger partial charge in [0.1, 0.15) is 0 Å². The number of hydrogen-bond acceptors (Lipinski definition) is 2. The molecule has 2 aromatic rings. The van der Waals surface area contributed by atoms with Crippen LogP contribution < -0.4 is 15.5 Å². The van der Waals surface area contributed by atoms with Crippen LogP contribution in [0.1, 0.15) is 13.8 Å². The molecule has 0 spiro atoms. The smallest absolute Gasteiger partial charge is 0.323 e. The Hall–Kier alpha value is -2.20. The van der Waals surface area contributed by atoms with Gasteiger partial charge in [0, 0.05) is 24.5 Å². The number of anilines is 3. The van der Waals surface area contributed by atoms with E-state index in [2.05, 4.69) is 29.4 Å². The Morgan fingerprint density at radius 3 is 2.23 bits per heavy atom. The standard InChI is InChI=1S/C17H20ClN3O/c1-3-21(4-2)14-11-9-13(10-12-14)19-17(22)20-16-8-6-5-7-15(16)18/h5-12H,3-4H2,1-2H3,(H2,19,20,22). The number of nitrogens with zero attached hydrogens (tertiary/aromatic N) is 1. The third-order valence-electron chi connectivity index (χ3n) is 3.38. The highest BCUT2D eigenvalue weighted by molar-refractivity contribution is 6.33. The lowest BCUT2D eigenvalue weighted by Crippen LogP contribution is -2.22. The highest BCUT2D eigenvalue weighted by Gasteiger charge is 2.06. The fourth-order valence-corrected chi connectivity index (χ4v) is 2.37. The number of nitrogens with one attached hydrogen (secondary N) is 2. The minimum atomic E-state index is -0.316. The summed E-state index contributed by atoms with van der Waals surface area (Å²) in [4.78, 5) is 14.2. The Bertz CT molecular complexity index is 624. The molecule has 0 unspecified atom stereocenters. The number of para-hydroxylation sites is 1. The summed E-state index contributed by atoms with van der Waals surface area (Å²) in [6, 6.07) is 14.6. The van der Waals surface area contributed by atoms with Gasteiger partial charge < -0.3 is 15.5 Å². The van der Waals surface area contributed by atoms with Gasteiger partial charge in [-0.2, -0.15) is 0 Å². The molecule has 2 amide bonds. The molecule has 0 aromatic heterocycles. The molecule has 0 fully saturated rings. The summed E-state index contributed by atoms with van der Waals surface area (Å²) >= 11 is 6.01. The zero-order valence-electron chi connectivity index (χ0n) is 12.8. The summed E-state index contributed by atoms with van der Waals surface area (Å²) in [6.45, 7) is 6.14. The van der Waals surface area contributed by atoms with Crippen LogP contribution in [0.15, 0.2) is 48.5 Å². The van der Waals surface area contributed by atoms with Crippen LogP contribution >= 0.6 is 11.6 Å². The summed E-state index contributed by atoms with van der Waals surface area (Å²) < 4.78 is 0. The highest BCUT2D eigenvalue weighted by Crippen LogP contribution is 2.21. The van der Waals surface area contributed by atoms with Crippen LogP contribution in [-0.2, 0) is 0 Å². The van der Waals surface area contributed by atoms with E-state index < -0.39 is 0 Å². The normalized spacial score (nSPS) is 10.1. The van der Waals surface area contributed by atoms with Crippen LogP contribution in [0.2, 0.25) is 5.02 Å². The zero-order valence-corrected chi connectivity index (χ0v) is 13.5. The molecular weight excluding hydrogens is 298 g/mol. The largest absolute Gasteiger partial charge is 0.372 e. The van der Waals surface area contributed by atoms with E-state index >= 15 is 0 Å². The fourth-order valence-electron chi connectivity index (χ4n) is 2.19. The van der Waals surface area contributed by atoms with Gasteiger partial charge >= 0.3 is 6.03 Å². The second-order valence-corrected chi connectivity index (χ2v) is 5.19. The summed E-state index contributed by atoms with van der Waals surface area (Å²) in [7, 11) is 0. The Kier molecular flexibility index (Phi) is 5.67. The van der Waals surface area contributed by atoms with E-state index in [0.29, 0.717) is 10.7 Å².